The minimum atomic E-state index is -0.197. The number of halogens is 1. The van der Waals surface area contributed by atoms with Crippen LogP contribution in [-0.2, 0) is 13.0 Å². The molecular formula is C24H27FN3OS+. The third-order valence-corrected chi connectivity index (χ3v) is 6.81. The van der Waals surface area contributed by atoms with Gasteiger partial charge in [0.05, 0.1) is 26.2 Å². The van der Waals surface area contributed by atoms with Crippen LogP contribution in [0.15, 0.2) is 60.7 Å². The van der Waals surface area contributed by atoms with Crippen molar-refractivity contribution in [1.29, 1.82) is 0 Å². The van der Waals surface area contributed by atoms with Crippen molar-refractivity contribution in [3.63, 3.8) is 0 Å². The number of carbonyl (C=O) groups excluding carboxylic acids is 1. The van der Waals surface area contributed by atoms with Gasteiger partial charge in [-0.15, -0.1) is 11.3 Å². The Morgan fingerprint density at radius 2 is 1.80 bits per heavy atom. The zero-order chi connectivity index (χ0) is 20.9. The lowest BCUT2D eigenvalue weighted by Crippen LogP contribution is -3.13. The maximum absolute atomic E-state index is 13.2. The normalized spacial score (nSPS) is 14.7. The van der Waals surface area contributed by atoms with Crippen LogP contribution in [0.2, 0.25) is 0 Å². The number of benzene rings is 2. The third kappa shape index (κ3) is 4.89. The van der Waals surface area contributed by atoms with Crippen LogP contribution in [0.1, 0.15) is 27.7 Å². The first kappa shape index (κ1) is 20.6. The number of thiophene rings is 1. The summed E-state index contributed by atoms with van der Waals surface area (Å²) in [7, 11) is 0. The molecule has 2 N–H and O–H groups in total. The van der Waals surface area contributed by atoms with Crippen molar-refractivity contribution < 1.29 is 14.1 Å². The van der Waals surface area contributed by atoms with Gasteiger partial charge in [0, 0.05) is 21.7 Å². The molecule has 1 amide bonds. The highest BCUT2D eigenvalue weighted by Crippen LogP contribution is 2.29. The van der Waals surface area contributed by atoms with Crippen molar-refractivity contribution in [3.05, 3.63) is 82.5 Å². The van der Waals surface area contributed by atoms with Crippen LogP contribution < -0.4 is 15.1 Å². The summed E-state index contributed by atoms with van der Waals surface area (Å²) >= 11 is 1.68. The summed E-state index contributed by atoms with van der Waals surface area (Å²) in [6.45, 7) is 6.96. The minimum Gasteiger partial charge on any atom is -0.360 e. The lowest BCUT2D eigenvalue weighted by Gasteiger charge is -2.33. The molecule has 0 atom stereocenters. The summed E-state index contributed by atoms with van der Waals surface area (Å²) in [5.41, 5.74) is 2.97. The van der Waals surface area contributed by atoms with Gasteiger partial charge in [-0.3, -0.25) is 4.79 Å². The zero-order valence-corrected chi connectivity index (χ0v) is 18.0. The highest BCUT2D eigenvalue weighted by atomic mass is 32.1. The lowest BCUT2D eigenvalue weighted by molar-refractivity contribution is -0.914. The van der Waals surface area contributed by atoms with Gasteiger partial charge < -0.3 is 15.1 Å². The second kappa shape index (κ2) is 9.41. The van der Waals surface area contributed by atoms with Crippen LogP contribution >= 0.6 is 11.3 Å². The van der Waals surface area contributed by atoms with E-state index in [0.29, 0.717) is 5.56 Å². The maximum Gasteiger partial charge on any atom is 0.256 e. The van der Waals surface area contributed by atoms with E-state index in [2.05, 4.69) is 23.2 Å². The quantitative estimate of drug-likeness (QED) is 0.634. The molecule has 4 rings (SSSR count). The smallest absolute Gasteiger partial charge is 0.256 e. The van der Waals surface area contributed by atoms with Crippen molar-refractivity contribution >= 4 is 27.9 Å². The third-order valence-electron chi connectivity index (χ3n) is 5.57. The van der Waals surface area contributed by atoms with E-state index in [4.69, 9.17) is 0 Å². The zero-order valence-electron chi connectivity index (χ0n) is 17.2. The molecule has 6 heteroatoms. The maximum atomic E-state index is 13.2. The Balaban J connectivity index is 1.40. The molecule has 1 aromatic heterocycles. The molecule has 1 aliphatic rings. The Morgan fingerprint density at radius 3 is 2.47 bits per heavy atom. The van der Waals surface area contributed by atoms with Gasteiger partial charge in [-0.2, -0.15) is 0 Å². The number of piperazine rings is 1. The fourth-order valence-corrected chi connectivity index (χ4v) is 4.85. The Kier molecular flexibility index (Phi) is 6.45. The van der Waals surface area contributed by atoms with E-state index in [1.807, 2.05) is 42.5 Å². The highest BCUT2D eigenvalue weighted by Gasteiger charge is 2.23. The molecule has 1 fully saturated rings. The van der Waals surface area contributed by atoms with E-state index in [0.717, 1.165) is 49.8 Å². The number of hydrogen-bond acceptors (Lipinski definition) is 3. The standard InChI is InChI=1S/C24H26FN3OS/c1-2-22-16-19(24(30-22)26-23(29)18-6-4-3-5-7-18)17-27-12-14-28(15-13-27)21-10-8-20(25)9-11-21/h3-11,16H,2,12-15,17H2,1H3,(H,26,29)/p+1. The summed E-state index contributed by atoms with van der Waals surface area (Å²) in [5, 5.41) is 4.10. The summed E-state index contributed by atoms with van der Waals surface area (Å²) in [6.07, 6.45) is 0.965. The molecular weight excluding hydrogens is 397 g/mol. The van der Waals surface area contributed by atoms with Crippen LogP contribution in [0.4, 0.5) is 15.1 Å². The summed E-state index contributed by atoms with van der Waals surface area (Å²) in [5.74, 6) is -0.255. The van der Waals surface area contributed by atoms with Crippen molar-refractivity contribution in [3.8, 4) is 0 Å². The fraction of sp³-hybridized carbons (Fsp3) is 0.292. The van der Waals surface area contributed by atoms with E-state index >= 15 is 0 Å². The molecule has 2 aromatic carbocycles. The fourth-order valence-electron chi connectivity index (χ4n) is 3.84. The second-order valence-electron chi connectivity index (χ2n) is 7.63. The number of nitrogens with one attached hydrogen (secondary N) is 2. The molecule has 0 spiro atoms. The molecule has 0 bridgehead atoms. The molecule has 30 heavy (non-hydrogen) atoms. The molecule has 0 unspecified atom stereocenters. The molecule has 4 nitrogen and oxygen atoms in total. The molecule has 1 saturated heterocycles. The Morgan fingerprint density at radius 1 is 1.10 bits per heavy atom. The van der Waals surface area contributed by atoms with Gasteiger partial charge in [-0.1, -0.05) is 25.1 Å². The van der Waals surface area contributed by atoms with Gasteiger partial charge in [0.25, 0.3) is 5.91 Å². The van der Waals surface area contributed by atoms with Crippen LogP contribution in [0.3, 0.4) is 0 Å². The monoisotopic (exact) mass is 424 g/mol. The van der Waals surface area contributed by atoms with E-state index < -0.39 is 0 Å². The number of aryl methyl sites for hydroxylation is 1. The van der Waals surface area contributed by atoms with Crippen molar-refractivity contribution in [2.24, 2.45) is 0 Å². The second-order valence-corrected chi connectivity index (χ2v) is 8.77. The molecule has 3 aromatic rings. The first-order valence-corrected chi connectivity index (χ1v) is 11.3. The lowest BCUT2D eigenvalue weighted by atomic mass is 10.2. The van der Waals surface area contributed by atoms with Gasteiger partial charge in [-0.25, -0.2) is 4.39 Å². The first-order chi connectivity index (χ1) is 14.6. The number of amides is 1. The van der Waals surface area contributed by atoms with Crippen LogP contribution in [0, 0.1) is 5.82 Å². The van der Waals surface area contributed by atoms with Crippen LogP contribution in [0.5, 0.6) is 0 Å². The van der Waals surface area contributed by atoms with E-state index in [1.165, 1.54) is 27.5 Å². The number of nitrogens with zero attached hydrogens (tertiary/aromatic N) is 1. The van der Waals surface area contributed by atoms with E-state index in [1.54, 1.807) is 11.3 Å². The van der Waals surface area contributed by atoms with Crippen molar-refractivity contribution in [2.45, 2.75) is 19.9 Å². The number of quaternary nitrogens is 1. The number of hydrogen-bond donors (Lipinski definition) is 2. The summed E-state index contributed by atoms with van der Waals surface area (Å²) in [4.78, 5) is 17.7. The molecule has 0 saturated carbocycles. The van der Waals surface area contributed by atoms with E-state index in [-0.39, 0.29) is 11.7 Å². The predicted molar refractivity (Wildman–Crippen MR) is 121 cm³/mol. The van der Waals surface area contributed by atoms with Crippen LogP contribution in [0.25, 0.3) is 0 Å². The molecule has 1 aliphatic heterocycles. The summed E-state index contributed by atoms with van der Waals surface area (Å²) < 4.78 is 13.2. The van der Waals surface area contributed by atoms with Crippen molar-refractivity contribution in [2.75, 3.05) is 36.4 Å². The number of anilines is 2. The van der Waals surface area contributed by atoms with E-state index in [9.17, 15) is 9.18 Å². The predicted octanol–water partition coefficient (Wildman–Crippen LogP) is 3.61. The molecule has 0 aliphatic carbocycles. The van der Waals surface area contributed by atoms with Gasteiger partial charge in [-0.05, 0) is 48.9 Å². The van der Waals surface area contributed by atoms with Gasteiger partial charge >= 0.3 is 0 Å². The Hall–Kier alpha value is -2.70. The Bertz CT molecular complexity index is 979. The molecule has 156 valence electrons. The largest absolute Gasteiger partial charge is 0.360 e. The summed E-state index contributed by atoms with van der Waals surface area (Å²) in [6, 6.07) is 18.3. The topological polar surface area (TPSA) is 36.8 Å². The highest BCUT2D eigenvalue weighted by molar-refractivity contribution is 7.16. The Labute approximate surface area is 180 Å². The van der Waals surface area contributed by atoms with Gasteiger partial charge in [0.15, 0.2) is 0 Å². The minimum absolute atomic E-state index is 0.0579. The number of rotatable bonds is 6. The molecule has 0 radical (unpaired) electrons. The van der Waals surface area contributed by atoms with Gasteiger partial charge in [0.2, 0.25) is 0 Å². The van der Waals surface area contributed by atoms with Crippen LogP contribution in [-0.4, -0.2) is 32.1 Å². The average molecular weight is 425 g/mol. The average Bonchev–Trinajstić information content (AvgIpc) is 3.17. The number of carbonyl (C=O) groups is 1. The molecule has 2 heterocycles. The first-order valence-electron chi connectivity index (χ1n) is 10.4. The SMILES string of the molecule is CCc1cc(C[NH+]2CCN(c3ccc(F)cc3)CC2)c(NC(=O)c2ccccc2)s1. The van der Waals surface area contributed by atoms with Gasteiger partial charge in [0.1, 0.15) is 17.4 Å². The van der Waals surface area contributed by atoms with Crippen molar-refractivity contribution in [1.82, 2.24) is 0 Å².